The largest absolute Gasteiger partial charge is 0.322 e. The van der Waals surface area contributed by atoms with Crippen LogP contribution in [0.4, 0.5) is 0 Å². The molecule has 1 atom stereocenters. The highest BCUT2D eigenvalue weighted by molar-refractivity contribution is 6.03. The summed E-state index contributed by atoms with van der Waals surface area (Å²) in [7, 11) is 0. The third-order valence-corrected chi connectivity index (χ3v) is 2.49. The Labute approximate surface area is 94.2 Å². The molecular formula is C10H17N3O3. The van der Waals surface area contributed by atoms with Crippen LogP contribution in [-0.4, -0.2) is 41.2 Å². The van der Waals surface area contributed by atoms with E-state index < -0.39 is 17.4 Å². The first kappa shape index (κ1) is 12.6. The van der Waals surface area contributed by atoms with E-state index in [1.807, 2.05) is 6.92 Å². The summed E-state index contributed by atoms with van der Waals surface area (Å²) in [5.41, 5.74) is 4.85. The third-order valence-electron chi connectivity index (χ3n) is 2.49. The van der Waals surface area contributed by atoms with Gasteiger partial charge in [0.15, 0.2) is 0 Å². The Morgan fingerprint density at radius 3 is 2.38 bits per heavy atom. The summed E-state index contributed by atoms with van der Waals surface area (Å²) in [6, 6.07) is 0. The molecule has 0 aliphatic carbocycles. The van der Waals surface area contributed by atoms with Crippen molar-refractivity contribution in [3.63, 3.8) is 0 Å². The average Bonchev–Trinajstić information content (AvgIpc) is 2.14. The highest BCUT2D eigenvalue weighted by Crippen LogP contribution is 2.13. The number of imide groups is 1. The van der Waals surface area contributed by atoms with Gasteiger partial charge in [0, 0.05) is 0 Å². The Bertz CT molecular complexity index is 309. The van der Waals surface area contributed by atoms with E-state index in [0.717, 1.165) is 6.42 Å². The topological polar surface area (TPSA) is 92.5 Å². The van der Waals surface area contributed by atoms with Crippen molar-refractivity contribution in [2.75, 3.05) is 13.1 Å². The lowest BCUT2D eigenvalue weighted by molar-refractivity contribution is -0.148. The van der Waals surface area contributed by atoms with Gasteiger partial charge in [-0.25, -0.2) is 0 Å². The van der Waals surface area contributed by atoms with Crippen LogP contribution in [0.3, 0.4) is 0 Å². The van der Waals surface area contributed by atoms with Crippen LogP contribution >= 0.6 is 0 Å². The monoisotopic (exact) mass is 227 g/mol. The van der Waals surface area contributed by atoms with E-state index in [0.29, 0.717) is 6.42 Å². The molecule has 6 nitrogen and oxygen atoms in total. The zero-order valence-corrected chi connectivity index (χ0v) is 9.58. The van der Waals surface area contributed by atoms with Crippen LogP contribution in [0.1, 0.15) is 26.7 Å². The number of nitrogens with one attached hydrogen (secondary N) is 1. The van der Waals surface area contributed by atoms with E-state index >= 15 is 0 Å². The third kappa shape index (κ3) is 2.79. The summed E-state index contributed by atoms with van der Waals surface area (Å²) < 4.78 is 0. The van der Waals surface area contributed by atoms with Gasteiger partial charge in [0.2, 0.25) is 17.7 Å². The van der Waals surface area contributed by atoms with Crippen LogP contribution in [0.5, 0.6) is 0 Å². The molecule has 1 aliphatic heterocycles. The number of hydrogen-bond donors (Lipinski definition) is 2. The molecule has 0 spiro atoms. The van der Waals surface area contributed by atoms with Gasteiger partial charge in [-0.05, 0) is 13.3 Å². The Morgan fingerprint density at radius 1 is 1.44 bits per heavy atom. The minimum atomic E-state index is -1.01. The van der Waals surface area contributed by atoms with Crippen LogP contribution in [0, 0.1) is 0 Å². The maximum absolute atomic E-state index is 12.0. The zero-order chi connectivity index (χ0) is 12.3. The van der Waals surface area contributed by atoms with Crippen LogP contribution in [0.25, 0.3) is 0 Å². The molecule has 0 bridgehead atoms. The van der Waals surface area contributed by atoms with E-state index in [9.17, 15) is 14.4 Å². The second kappa shape index (κ2) is 4.61. The molecular weight excluding hydrogens is 210 g/mol. The standard InChI is InChI=1S/C10H17N3O3/c1-3-4-10(2,11)9(16)13-5-7(14)12-8(15)6-13/h3-6,11H2,1-2H3,(H,12,14,15). The fraction of sp³-hybridized carbons (Fsp3) is 0.700. The molecule has 16 heavy (non-hydrogen) atoms. The number of carbonyl (C=O) groups is 3. The van der Waals surface area contributed by atoms with Gasteiger partial charge < -0.3 is 10.6 Å². The molecule has 0 saturated carbocycles. The molecule has 1 rings (SSSR count). The van der Waals surface area contributed by atoms with Crippen molar-refractivity contribution in [3.05, 3.63) is 0 Å². The van der Waals surface area contributed by atoms with Gasteiger partial charge in [0.05, 0.1) is 5.54 Å². The summed E-state index contributed by atoms with van der Waals surface area (Å²) in [6.45, 7) is 3.35. The zero-order valence-electron chi connectivity index (χ0n) is 9.58. The lowest BCUT2D eigenvalue weighted by atomic mass is 9.95. The van der Waals surface area contributed by atoms with Crippen LogP contribution < -0.4 is 11.1 Å². The molecule has 0 aromatic heterocycles. The van der Waals surface area contributed by atoms with Gasteiger partial charge in [0.25, 0.3) is 0 Å². The Kier molecular flexibility index (Phi) is 3.64. The van der Waals surface area contributed by atoms with E-state index in [4.69, 9.17) is 5.73 Å². The van der Waals surface area contributed by atoms with Crippen molar-refractivity contribution in [1.82, 2.24) is 10.2 Å². The van der Waals surface area contributed by atoms with Crippen molar-refractivity contribution >= 4 is 17.7 Å². The van der Waals surface area contributed by atoms with Gasteiger partial charge in [-0.15, -0.1) is 0 Å². The number of hydrogen-bond acceptors (Lipinski definition) is 4. The quantitative estimate of drug-likeness (QED) is 0.604. The van der Waals surface area contributed by atoms with Crippen molar-refractivity contribution in [1.29, 1.82) is 0 Å². The number of rotatable bonds is 3. The van der Waals surface area contributed by atoms with E-state index in [1.165, 1.54) is 4.90 Å². The van der Waals surface area contributed by atoms with Gasteiger partial charge >= 0.3 is 0 Å². The molecule has 1 saturated heterocycles. The Morgan fingerprint density at radius 2 is 1.94 bits per heavy atom. The van der Waals surface area contributed by atoms with Gasteiger partial charge in [-0.3, -0.25) is 19.7 Å². The minimum Gasteiger partial charge on any atom is -0.322 e. The number of carbonyl (C=O) groups excluding carboxylic acids is 3. The van der Waals surface area contributed by atoms with Gasteiger partial charge in [-0.2, -0.15) is 0 Å². The molecule has 3 N–H and O–H groups in total. The molecule has 3 amide bonds. The fourth-order valence-corrected chi connectivity index (χ4v) is 1.77. The molecule has 6 heteroatoms. The molecule has 1 unspecified atom stereocenters. The lowest BCUT2D eigenvalue weighted by Gasteiger charge is -2.32. The first-order valence-electron chi connectivity index (χ1n) is 5.27. The molecule has 1 aliphatic rings. The van der Waals surface area contributed by atoms with Crippen LogP contribution in [0.15, 0.2) is 0 Å². The Balaban J connectivity index is 2.73. The van der Waals surface area contributed by atoms with Crippen molar-refractivity contribution in [2.45, 2.75) is 32.2 Å². The highest BCUT2D eigenvalue weighted by Gasteiger charge is 2.35. The van der Waals surface area contributed by atoms with E-state index in [2.05, 4.69) is 5.32 Å². The number of nitrogens with zero attached hydrogens (tertiary/aromatic N) is 1. The predicted octanol–water partition coefficient (Wildman–Crippen LogP) is -1.01. The maximum Gasteiger partial charge on any atom is 0.246 e. The molecule has 0 radical (unpaired) electrons. The molecule has 1 fully saturated rings. The molecule has 90 valence electrons. The summed E-state index contributed by atoms with van der Waals surface area (Å²) >= 11 is 0. The first-order chi connectivity index (χ1) is 7.36. The SMILES string of the molecule is CCCC(C)(N)C(=O)N1CC(=O)NC(=O)C1. The smallest absolute Gasteiger partial charge is 0.246 e. The lowest BCUT2D eigenvalue weighted by Crippen LogP contribution is -2.60. The minimum absolute atomic E-state index is 0.0962. The predicted molar refractivity (Wildman–Crippen MR) is 57.2 cm³/mol. The summed E-state index contributed by atoms with van der Waals surface area (Å²) in [5, 5.41) is 2.13. The van der Waals surface area contributed by atoms with E-state index in [-0.39, 0.29) is 19.0 Å². The second-order valence-corrected chi connectivity index (χ2v) is 4.30. The summed E-state index contributed by atoms with van der Waals surface area (Å²) in [6.07, 6.45) is 1.30. The number of amides is 3. The van der Waals surface area contributed by atoms with Gasteiger partial charge in [0.1, 0.15) is 13.1 Å². The van der Waals surface area contributed by atoms with Crippen molar-refractivity contribution in [2.24, 2.45) is 5.73 Å². The average molecular weight is 227 g/mol. The molecule has 0 aromatic rings. The summed E-state index contributed by atoms with van der Waals surface area (Å²) in [5.74, 6) is -1.27. The first-order valence-corrected chi connectivity index (χ1v) is 5.27. The normalized spacial score (nSPS) is 20.3. The van der Waals surface area contributed by atoms with Crippen molar-refractivity contribution in [3.8, 4) is 0 Å². The second-order valence-electron chi connectivity index (χ2n) is 4.30. The Hall–Kier alpha value is -1.43. The maximum atomic E-state index is 12.0. The van der Waals surface area contributed by atoms with Crippen LogP contribution in [0.2, 0.25) is 0 Å². The number of nitrogens with two attached hydrogens (primary N) is 1. The van der Waals surface area contributed by atoms with Crippen LogP contribution in [-0.2, 0) is 14.4 Å². The highest BCUT2D eigenvalue weighted by atomic mass is 16.2. The fourth-order valence-electron chi connectivity index (χ4n) is 1.77. The molecule has 1 heterocycles. The summed E-state index contributed by atoms with van der Waals surface area (Å²) in [4.78, 5) is 35.4. The van der Waals surface area contributed by atoms with Gasteiger partial charge in [-0.1, -0.05) is 13.3 Å². The molecule has 0 aromatic carbocycles. The number of piperazine rings is 1. The van der Waals surface area contributed by atoms with Crippen molar-refractivity contribution < 1.29 is 14.4 Å². The van der Waals surface area contributed by atoms with E-state index in [1.54, 1.807) is 6.92 Å².